The van der Waals surface area contributed by atoms with E-state index in [9.17, 15) is 9.59 Å². The average molecular weight is 341 g/mol. The van der Waals surface area contributed by atoms with Crippen LogP contribution in [0.2, 0.25) is 0 Å². The molecule has 5 nitrogen and oxygen atoms in total. The van der Waals surface area contributed by atoms with Crippen molar-refractivity contribution >= 4 is 17.7 Å². The Morgan fingerprint density at radius 3 is 2.24 bits per heavy atom. The first kappa shape index (κ1) is 18.5. The Morgan fingerprint density at radius 2 is 1.64 bits per heavy atom. The molecule has 0 aliphatic rings. The monoisotopic (exact) mass is 341 g/mol. The molecule has 0 spiro atoms. The summed E-state index contributed by atoms with van der Waals surface area (Å²) in [6.07, 6.45) is -0.583. The van der Waals surface area contributed by atoms with Gasteiger partial charge in [0.1, 0.15) is 5.75 Å². The summed E-state index contributed by atoms with van der Waals surface area (Å²) in [6, 6.07) is 13.9. The van der Waals surface area contributed by atoms with E-state index in [0.29, 0.717) is 23.6 Å². The number of para-hydroxylation sites is 1. The summed E-state index contributed by atoms with van der Waals surface area (Å²) in [5, 5.41) is 2.65. The summed E-state index contributed by atoms with van der Waals surface area (Å²) in [5.41, 5.74) is 1.77. The van der Waals surface area contributed by atoms with E-state index in [1.165, 1.54) is 0 Å². The van der Waals surface area contributed by atoms with Crippen LogP contribution in [-0.2, 0) is 10.2 Å². The Labute approximate surface area is 148 Å². The minimum atomic E-state index is -0.583. The van der Waals surface area contributed by atoms with Gasteiger partial charge in [0.25, 0.3) is 0 Å². The second-order valence-corrected chi connectivity index (χ2v) is 6.56. The van der Waals surface area contributed by atoms with Crippen LogP contribution in [0.15, 0.2) is 48.5 Å². The van der Waals surface area contributed by atoms with Gasteiger partial charge < -0.3 is 9.47 Å². The predicted molar refractivity (Wildman–Crippen MR) is 97.2 cm³/mol. The second-order valence-electron chi connectivity index (χ2n) is 6.56. The number of carbonyl (C=O) groups excluding carboxylic acids is 2. The molecule has 0 aliphatic heterocycles. The maximum absolute atomic E-state index is 12.2. The summed E-state index contributed by atoms with van der Waals surface area (Å²) in [7, 11) is 0. The summed E-state index contributed by atoms with van der Waals surface area (Å²) < 4.78 is 10.4. The first-order valence-electron chi connectivity index (χ1n) is 8.17. The van der Waals surface area contributed by atoms with Gasteiger partial charge in [-0.15, -0.1) is 0 Å². The topological polar surface area (TPSA) is 64.6 Å². The smallest absolute Gasteiger partial charge is 0.417 e. The van der Waals surface area contributed by atoms with Crippen LogP contribution in [0.5, 0.6) is 5.75 Å². The molecule has 2 rings (SSSR count). The molecule has 0 saturated carbocycles. The number of nitrogens with one attached hydrogen (secondary N) is 1. The fourth-order valence-corrected chi connectivity index (χ4v) is 2.32. The molecule has 0 atom stereocenters. The summed E-state index contributed by atoms with van der Waals surface area (Å²) >= 11 is 0. The average Bonchev–Trinajstić information content (AvgIpc) is 2.55. The molecule has 0 saturated heterocycles. The van der Waals surface area contributed by atoms with Crippen molar-refractivity contribution in [3.05, 3.63) is 59.7 Å². The zero-order valence-corrected chi connectivity index (χ0v) is 15.0. The second kappa shape index (κ2) is 7.83. The SMILES string of the molecule is CCOC(=O)c1ccc(NC(=O)Oc2ccccc2C(C)(C)C)cc1. The maximum Gasteiger partial charge on any atom is 0.417 e. The first-order chi connectivity index (χ1) is 11.8. The maximum atomic E-state index is 12.2. The fraction of sp³-hybridized carbons (Fsp3) is 0.300. The lowest BCUT2D eigenvalue weighted by Gasteiger charge is -2.22. The third-order valence-electron chi connectivity index (χ3n) is 3.54. The Kier molecular flexibility index (Phi) is 5.80. The van der Waals surface area contributed by atoms with E-state index in [1.54, 1.807) is 37.3 Å². The molecule has 2 aromatic carbocycles. The third-order valence-corrected chi connectivity index (χ3v) is 3.54. The summed E-state index contributed by atoms with van der Waals surface area (Å²) in [5.74, 6) is 0.131. The molecule has 2 aromatic rings. The first-order valence-corrected chi connectivity index (χ1v) is 8.17. The van der Waals surface area contributed by atoms with Gasteiger partial charge >= 0.3 is 12.1 Å². The number of hydrogen-bond acceptors (Lipinski definition) is 4. The Hall–Kier alpha value is -2.82. The molecule has 0 fully saturated rings. The Morgan fingerprint density at radius 1 is 1.00 bits per heavy atom. The quantitative estimate of drug-likeness (QED) is 0.814. The molecule has 0 heterocycles. The highest BCUT2D eigenvalue weighted by atomic mass is 16.6. The lowest BCUT2D eigenvalue weighted by atomic mass is 9.86. The van der Waals surface area contributed by atoms with Crippen LogP contribution in [-0.4, -0.2) is 18.7 Å². The van der Waals surface area contributed by atoms with E-state index in [0.717, 1.165) is 5.56 Å². The van der Waals surface area contributed by atoms with Crippen molar-refractivity contribution in [2.75, 3.05) is 11.9 Å². The number of esters is 1. The van der Waals surface area contributed by atoms with Crippen LogP contribution in [0.1, 0.15) is 43.6 Å². The van der Waals surface area contributed by atoms with Crippen molar-refractivity contribution in [3.63, 3.8) is 0 Å². The van der Waals surface area contributed by atoms with Crippen LogP contribution >= 0.6 is 0 Å². The number of hydrogen-bond donors (Lipinski definition) is 1. The highest BCUT2D eigenvalue weighted by Gasteiger charge is 2.20. The fourth-order valence-electron chi connectivity index (χ4n) is 2.32. The summed E-state index contributed by atoms with van der Waals surface area (Å²) in [6.45, 7) is 8.24. The van der Waals surface area contributed by atoms with Gasteiger partial charge in [-0.1, -0.05) is 39.0 Å². The Balaban J connectivity index is 2.05. The van der Waals surface area contributed by atoms with E-state index in [1.807, 2.05) is 18.2 Å². The van der Waals surface area contributed by atoms with E-state index in [2.05, 4.69) is 26.1 Å². The number of anilines is 1. The van der Waals surface area contributed by atoms with Crippen molar-refractivity contribution in [2.45, 2.75) is 33.1 Å². The highest BCUT2D eigenvalue weighted by Crippen LogP contribution is 2.31. The van der Waals surface area contributed by atoms with Crippen molar-refractivity contribution in [1.82, 2.24) is 0 Å². The van der Waals surface area contributed by atoms with Gasteiger partial charge in [0.2, 0.25) is 0 Å². The molecule has 0 aromatic heterocycles. The third kappa shape index (κ3) is 5.08. The van der Waals surface area contributed by atoms with Gasteiger partial charge in [0.05, 0.1) is 12.2 Å². The highest BCUT2D eigenvalue weighted by molar-refractivity contribution is 5.91. The van der Waals surface area contributed by atoms with E-state index in [4.69, 9.17) is 9.47 Å². The minimum Gasteiger partial charge on any atom is -0.462 e. The van der Waals surface area contributed by atoms with Crippen molar-refractivity contribution in [1.29, 1.82) is 0 Å². The normalized spacial score (nSPS) is 10.9. The minimum absolute atomic E-state index is 0.141. The number of rotatable bonds is 4. The van der Waals surface area contributed by atoms with Crippen LogP contribution in [0.4, 0.5) is 10.5 Å². The number of carbonyl (C=O) groups is 2. The number of amides is 1. The van der Waals surface area contributed by atoms with E-state index < -0.39 is 12.1 Å². The molecular weight excluding hydrogens is 318 g/mol. The molecule has 0 aliphatic carbocycles. The molecule has 1 amide bonds. The van der Waals surface area contributed by atoms with Gasteiger partial charge in [-0.05, 0) is 42.7 Å². The molecule has 0 unspecified atom stereocenters. The Bertz CT molecular complexity index is 745. The van der Waals surface area contributed by atoms with Crippen molar-refractivity contribution in [3.8, 4) is 5.75 Å². The lowest BCUT2D eigenvalue weighted by Crippen LogP contribution is -2.20. The summed E-state index contributed by atoms with van der Waals surface area (Å²) in [4.78, 5) is 23.8. The molecular formula is C20H23NO4. The molecule has 132 valence electrons. The van der Waals surface area contributed by atoms with Crippen LogP contribution in [0.3, 0.4) is 0 Å². The molecule has 1 N–H and O–H groups in total. The van der Waals surface area contributed by atoms with Crippen molar-refractivity contribution in [2.24, 2.45) is 0 Å². The number of ether oxygens (including phenoxy) is 2. The van der Waals surface area contributed by atoms with E-state index in [-0.39, 0.29) is 5.41 Å². The molecule has 0 bridgehead atoms. The zero-order valence-electron chi connectivity index (χ0n) is 15.0. The molecule has 5 heteroatoms. The van der Waals surface area contributed by atoms with Crippen LogP contribution in [0.25, 0.3) is 0 Å². The van der Waals surface area contributed by atoms with Crippen LogP contribution in [0, 0.1) is 0 Å². The van der Waals surface area contributed by atoms with Crippen molar-refractivity contribution < 1.29 is 19.1 Å². The van der Waals surface area contributed by atoms with Gasteiger partial charge in [0, 0.05) is 11.3 Å². The van der Waals surface area contributed by atoms with Gasteiger partial charge in [-0.25, -0.2) is 9.59 Å². The molecule has 25 heavy (non-hydrogen) atoms. The van der Waals surface area contributed by atoms with Gasteiger partial charge in [0.15, 0.2) is 0 Å². The predicted octanol–water partition coefficient (Wildman–Crippen LogP) is 4.77. The lowest BCUT2D eigenvalue weighted by molar-refractivity contribution is 0.0526. The van der Waals surface area contributed by atoms with Gasteiger partial charge in [-0.2, -0.15) is 0 Å². The number of benzene rings is 2. The largest absolute Gasteiger partial charge is 0.462 e. The standard InChI is InChI=1S/C20H23NO4/c1-5-24-18(22)14-10-12-15(13-11-14)21-19(23)25-17-9-7-6-8-16(17)20(2,3)4/h6-13H,5H2,1-4H3,(H,21,23). The zero-order chi connectivity index (χ0) is 18.4. The van der Waals surface area contributed by atoms with Crippen LogP contribution < -0.4 is 10.1 Å². The molecule has 0 radical (unpaired) electrons. The van der Waals surface area contributed by atoms with E-state index >= 15 is 0 Å². The van der Waals surface area contributed by atoms with Gasteiger partial charge in [-0.3, -0.25) is 5.32 Å².